The van der Waals surface area contributed by atoms with Gasteiger partial charge in [-0.15, -0.1) is 0 Å². The van der Waals surface area contributed by atoms with Crippen LogP contribution >= 0.6 is 11.3 Å². The molecule has 2 aromatic carbocycles. The van der Waals surface area contributed by atoms with Gasteiger partial charge in [0.15, 0.2) is 15.0 Å². The Labute approximate surface area is 197 Å². The molecule has 2 aromatic heterocycles. The molecule has 4 rings (SSSR count). The van der Waals surface area contributed by atoms with Crippen LogP contribution in [0, 0.1) is 0 Å². The lowest BCUT2D eigenvalue weighted by molar-refractivity contribution is 0.0985. The zero-order chi connectivity index (χ0) is 23.6. The number of benzene rings is 2. The molecule has 33 heavy (non-hydrogen) atoms. The molecule has 0 unspecified atom stereocenters. The number of thiazole rings is 1. The molecule has 0 bridgehead atoms. The summed E-state index contributed by atoms with van der Waals surface area (Å²) in [7, 11) is -3.50. The van der Waals surface area contributed by atoms with Crippen molar-refractivity contribution in [3.63, 3.8) is 0 Å². The number of fused-ring (bicyclic) bond motifs is 1. The third kappa shape index (κ3) is 4.67. The minimum absolute atomic E-state index is 0.143. The fourth-order valence-electron chi connectivity index (χ4n) is 3.53. The van der Waals surface area contributed by atoms with E-state index in [4.69, 9.17) is 4.98 Å². The molecule has 0 aliphatic carbocycles. The van der Waals surface area contributed by atoms with Crippen molar-refractivity contribution < 1.29 is 13.2 Å². The maximum absolute atomic E-state index is 13.7. The summed E-state index contributed by atoms with van der Waals surface area (Å²) in [6.07, 6.45) is 4.21. The van der Waals surface area contributed by atoms with Gasteiger partial charge in [-0.05, 0) is 67.8 Å². The van der Waals surface area contributed by atoms with Gasteiger partial charge in [-0.2, -0.15) is 0 Å². The van der Waals surface area contributed by atoms with Crippen molar-refractivity contribution in [2.75, 3.05) is 4.90 Å². The van der Waals surface area contributed by atoms with Gasteiger partial charge in [0.2, 0.25) is 0 Å². The Morgan fingerprint density at radius 2 is 1.79 bits per heavy atom. The summed E-state index contributed by atoms with van der Waals surface area (Å²) in [6, 6.07) is 16.0. The van der Waals surface area contributed by atoms with E-state index in [0.717, 1.165) is 27.8 Å². The fraction of sp³-hybridized carbons (Fsp3) is 0.240. The minimum Gasteiger partial charge on any atom is -0.279 e. The maximum atomic E-state index is 13.7. The highest BCUT2D eigenvalue weighted by Gasteiger charge is 2.25. The quantitative estimate of drug-likeness (QED) is 0.360. The molecular weight excluding hydrogens is 454 g/mol. The highest BCUT2D eigenvalue weighted by atomic mass is 32.2. The van der Waals surface area contributed by atoms with Gasteiger partial charge in [0, 0.05) is 18.0 Å². The van der Waals surface area contributed by atoms with Gasteiger partial charge < -0.3 is 0 Å². The van der Waals surface area contributed by atoms with E-state index in [2.05, 4.69) is 11.9 Å². The third-order valence-electron chi connectivity index (χ3n) is 5.47. The predicted molar refractivity (Wildman–Crippen MR) is 133 cm³/mol. The van der Waals surface area contributed by atoms with Crippen molar-refractivity contribution in [1.29, 1.82) is 0 Å². The van der Waals surface area contributed by atoms with Crippen LogP contribution < -0.4 is 4.90 Å². The molecule has 0 spiro atoms. The van der Waals surface area contributed by atoms with Crippen LogP contribution in [0.15, 0.2) is 71.9 Å². The highest BCUT2D eigenvalue weighted by molar-refractivity contribution is 7.92. The van der Waals surface area contributed by atoms with Gasteiger partial charge in [0.25, 0.3) is 5.91 Å². The van der Waals surface area contributed by atoms with E-state index in [1.165, 1.54) is 23.5 Å². The van der Waals surface area contributed by atoms with Crippen LogP contribution in [-0.2, 0) is 22.8 Å². The number of sulfone groups is 1. The van der Waals surface area contributed by atoms with Gasteiger partial charge in [0.05, 0.1) is 26.9 Å². The first-order valence-corrected chi connectivity index (χ1v) is 13.1. The third-order valence-corrected chi connectivity index (χ3v) is 8.66. The number of aromatic nitrogens is 2. The van der Waals surface area contributed by atoms with Crippen molar-refractivity contribution in [3.05, 3.63) is 83.7 Å². The lowest BCUT2D eigenvalue weighted by atomic mass is 10.1. The highest BCUT2D eigenvalue weighted by Crippen LogP contribution is 2.33. The van der Waals surface area contributed by atoms with Crippen LogP contribution in [0.3, 0.4) is 0 Å². The van der Waals surface area contributed by atoms with Crippen LogP contribution in [0.2, 0.25) is 0 Å². The molecule has 0 N–H and O–H groups in total. The topological polar surface area (TPSA) is 80.2 Å². The van der Waals surface area contributed by atoms with Crippen LogP contribution in [-0.4, -0.2) is 29.5 Å². The lowest BCUT2D eigenvalue weighted by Gasteiger charge is -2.20. The monoisotopic (exact) mass is 479 g/mol. The van der Waals surface area contributed by atoms with Crippen molar-refractivity contribution >= 4 is 42.4 Å². The summed E-state index contributed by atoms with van der Waals surface area (Å²) in [5.74, 6) is -0.301. The average Bonchev–Trinajstić information content (AvgIpc) is 3.27. The van der Waals surface area contributed by atoms with E-state index < -0.39 is 15.1 Å². The number of para-hydroxylation sites is 1. The average molecular weight is 480 g/mol. The number of nitrogens with zero attached hydrogens (tertiary/aromatic N) is 3. The molecule has 0 radical (unpaired) electrons. The molecule has 0 atom stereocenters. The Balaban J connectivity index is 1.80. The molecule has 0 aliphatic heterocycles. The van der Waals surface area contributed by atoms with E-state index in [0.29, 0.717) is 17.2 Å². The number of hydrogen-bond donors (Lipinski definition) is 0. The summed E-state index contributed by atoms with van der Waals surface area (Å²) in [5.41, 5.74) is 3.22. The first-order chi connectivity index (χ1) is 15.8. The number of aryl methyl sites for hydroxylation is 1. The van der Waals surface area contributed by atoms with E-state index in [9.17, 15) is 13.2 Å². The van der Waals surface area contributed by atoms with E-state index >= 15 is 0 Å². The Hall–Kier alpha value is -3.10. The van der Waals surface area contributed by atoms with Crippen LogP contribution in [0.4, 0.5) is 5.13 Å². The smallest absolute Gasteiger partial charge is 0.260 e. The predicted octanol–water partition coefficient (Wildman–Crippen LogP) is 5.28. The zero-order valence-electron chi connectivity index (χ0n) is 18.7. The molecule has 2 heterocycles. The van der Waals surface area contributed by atoms with E-state index in [-0.39, 0.29) is 10.8 Å². The molecule has 0 saturated carbocycles. The molecule has 4 aromatic rings. The summed E-state index contributed by atoms with van der Waals surface area (Å²) in [4.78, 5) is 24.3. The van der Waals surface area contributed by atoms with Gasteiger partial charge in [-0.1, -0.05) is 36.5 Å². The van der Waals surface area contributed by atoms with Crippen LogP contribution in [0.25, 0.3) is 10.2 Å². The first kappa shape index (κ1) is 23.1. The number of carbonyl (C=O) groups excluding carboxylic acids is 1. The first-order valence-electron chi connectivity index (χ1n) is 10.7. The number of amides is 1. The Kier molecular flexibility index (Phi) is 6.58. The SMILES string of the molecule is CCc1cccc2sc(N(Cc3ccncc3)C(=O)c3cccc(S(=O)(=O)C(C)C)c3)nc12. The fourth-order valence-corrected chi connectivity index (χ4v) is 5.64. The summed E-state index contributed by atoms with van der Waals surface area (Å²) in [5, 5.41) is -0.00247. The van der Waals surface area contributed by atoms with Crippen molar-refractivity contribution in [2.45, 2.75) is 43.9 Å². The molecule has 170 valence electrons. The summed E-state index contributed by atoms with van der Waals surface area (Å²) >= 11 is 1.45. The van der Waals surface area contributed by atoms with Crippen molar-refractivity contribution in [1.82, 2.24) is 9.97 Å². The molecular formula is C25H25N3O3S2. The standard InChI is InChI=1S/C25H25N3O3S2/c1-4-19-7-6-10-22-23(19)27-25(32-22)28(16-18-11-13-26-14-12-18)24(29)20-8-5-9-21(15-20)33(30,31)17(2)3/h5-15,17H,4,16H2,1-3H3. The number of anilines is 1. The van der Waals surface area contributed by atoms with Gasteiger partial charge in [-0.3, -0.25) is 14.7 Å². The number of rotatable bonds is 7. The van der Waals surface area contributed by atoms with Gasteiger partial charge in [0.1, 0.15) is 0 Å². The van der Waals surface area contributed by atoms with Crippen LogP contribution in [0.1, 0.15) is 42.3 Å². The van der Waals surface area contributed by atoms with Gasteiger partial charge >= 0.3 is 0 Å². The minimum atomic E-state index is -3.50. The van der Waals surface area contributed by atoms with Crippen LogP contribution in [0.5, 0.6) is 0 Å². The Morgan fingerprint density at radius 1 is 1.06 bits per heavy atom. The summed E-state index contributed by atoms with van der Waals surface area (Å²) in [6.45, 7) is 5.64. The molecule has 0 saturated heterocycles. The second-order valence-electron chi connectivity index (χ2n) is 7.98. The van der Waals surface area contributed by atoms with E-state index in [1.54, 1.807) is 43.3 Å². The number of pyridine rings is 1. The Morgan fingerprint density at radius 3 is 2.48 bits per heavy atom. The summed E-state index contributed by atoms with van der Waals surface area (Å²) < 4.78 is 26.4. The van der Waals surface area contributed by atoms with Crippen molar-refractivity contribution in [3.8, 4) is 0 Å². The maximum Gasteiger partial charge on any atom is 0.260 e. The lowest BCUT2D eigenvalue weighted by Crippen LogP contribution is -2.30. The Bertz CT molecular complexity index is 1400. The van der Waals surface area contributed by atoms with E-state index in [1.807, 2.05) is 30.3 Å². The molecule has 0 aliphatic rings. The molecule has 6 nitrogen and oxygen atoms in total. The number of carbonyl (C=O) groups is 1. The van der Waals surface area contributed by atoms with Crippen molar-refractivity contribution in [2.24, 2.45) is 0 Å². The number of hydrogen-bond acceptors (Lipinski definition) is 6. The molecule has 0 fully saturated rings. The normalized spacial score (nSPS) is 11.8. The largest absolute Gasteiger partial charge is 0.279 e. The second kappa shape index (κ2) is 9.41. The zero-order valence-corrected chi connectivity index (χ0v) is 20.4. The molecule has 1 amide bonds. The second-order valence-corrected chi connectivity index (χ2v) is 11.5. The van der Waals surface area contributed by atoms with Gasteiger partial charge in [-0.25, -0.2) is 13.4 Å². The molecule has 8 heteroatoms.